The van der Waals surface area contributed by atoms with Crippen LogP contribution in [0.15, 0.2) is 21.6 Å². The zero-order valence-electron chi connectivity index (χ0n) is 13.8. The molecule has 0 bridgehead atoms. The van der Waals surface area contributed by atoms with E-state index in [4.69, 9.17) is 16.7 Å². The predicted octanol–water partition coefficient (Wildman–Crippen LogP) is 1.44. The number of nitrogen functional groups attached to an aromatic ring is 2. The lowest BCUT2D eigenvalue weighted by atomic mass is 9.94. The van der Waals surface area contributed by atoms with Crippen molar-refractivity contribution >= 4 is 44.9 Å². The van der Waals surface area contributed by atoms with Gasteiger partial charge in [0.1, 0.15) is 35.1 Å². The third kappa shape index (κ3) is 2.95. The maximum atomic E-state index is 11.2. The number of benzene rings is 1. The number of guanidine groups is 1. The smallest absolute Gasteiger partial charge is 0.271 e. The second-order valence-corrected chi connectivity index (χ2v) is 6.38. The van der Waals surface area contributed by atoms with E-state index in [-0.39, 0.29) is 55.9 Å². The van der Waals surface area contributed by atoms with E-state index in [2.05, 4.69) is 36.5 Å². The quantitative estimate of drug-likeness (QED) is 0.194. The Labute approximate surface area is 165 Å². The SMILES string of the molecule is N#CNC1=NC(c2cc([N+](=O)[O-])cc(Br)c2O)c2c(nc(N)c(C#N)c2N)N1. The number of hydrogen-bond donors (Lipinski definition) is 5. The van der Waals surface area contributed by atoms with E-state index < -0.39 is 11.0 Å². The first kappa shape index (κ1) is 18.7. The molecule has 0 saturated heterocycles. The van der Waals surface area contributed by atoms with Crippen LogP contribution in [0.5, 0.6) is 5.75 Å². The van der Waals surface area contributed by atoms with Crippen molar-refractivity contribution in [2.24, 2.45) is 4.99 Å². The monoisotopic (exact) mass is 443 g/mol. The van der Waals surface area contributed by atoms with Crippen LogP contribution in [0.1, 0.15) is 22.7 Å². The first-order chi connectivity index (χ1) is 13.3. The highest BCUT2D eigenvalue weighted by molar-refractivity contribution is 9.10. The number of halogens is 1. The van der Waals surface area contributed by atoms with E-state index in [1.54, 1.807) is 6.19 Å². The summed E-state index contributed by atoms with van der Waals surface area (Å²) in [5.74, 6) is -0.419. The van der Waals surface area contributed by atoms with Gasteiger partial charge in [-0.05, 0) is 15.9 Å². The molecule has 1 atom stereocenters. The van der Waals surface area contributed by atoms with Crippen molar-refractivity contribution in [3.05, 3.63) is 43.4 Å². The molecule has 12 nitrogen and oxygen atoms in total. The number of nitro benzene ring substituents is 1. The molecule has 0 saturated carbocycles. The van der Waals surface area contributed by atoms with Crippen molar-refractivity contribution < 1.29 is 10.0 Å². The third-order valence-electron chi connectivity index (χ3n) is 3.94. The second-order valence-electron chi connectivity index (χ2n) is 5.52. The first-order valence-corrected chi connectivity index (χ1v) is 8.23. The van der Waals surface area contributed by atoms with Gasteiger partial charge in [0, 0.05) is 23.3 Å². The topological polar surface area (TPSA) is 212 Å². The van der Waals surface area contributed by atoms with Crippen molar-refractivity contribution in [1.29, 1.82) is 10.5 Å². The van der Waals surface area contributed by atoms with Crippen LogP contribution < -0.4 is 22.1 Å². The minimum Gasteiger partial charge on any atom is -0.506 e. The van der Waals surface area contributed by atoms with Gasteiger partial charge in [0.2, 0.25) is 5.96 Å². The molecule has 7 N–H and O–H groups in total. The van der Waals surface area contributed by atoms with Crippen LogP contribution in [0.3, 0.4) is 0 Å². The van der Waals surface area contributed by atoms with Gasteiger partial charge in [-0.25, -0.2) is 9.98 Å². The number of nitrogens with zero attached hydrogens (tertiary/aromatic N) is 5. The number of nitro groups is 1. The molecule has 1 unspecified atom stereocenters. The molecular formula is C15H10BrN9O3. The summed E-state index contributed by atoms with van der Waals surface area (Å²) < 4.78 is 0.0595. The van der Waals surface area contributed by atoms with E-state index >= 15 is 0 Å². The number of anilines is 3. The zero-order chi connectivity index (χ0) is 20.6. The fourth-order valence-corrected chi connectivity index (χ4v) is 3.19. The van der Waals surface area contributed by atoms with E-state index in [1.165, 1.54) is 0 Å². The Hall–Kier alpha value is -4.10. The molecule has 1 aromatic carbocycles. The molecule has 0 fully saturated rings. The molecule has 1 aromatic heterocycles. The molecule has 0 spiro atoms. The summed E-state index contributed by atoms with van der Waals surface area (Å²) in [5.41, 5.74) is 11.6. The van der Waals surface area contributed by atoms with Crippen LogP contribution in [0.2, 0.25) is 0 Å². The molecule has 140 valence electrons. The number of nitriles is 2. The summed E-state index contributed by atoms with van der Waals surface area (Å²) in [7, 11) is 0. The summed E-state index contributed by atoms with van der Waals surface area (Å²) in [5, 5.41) is 44.9. The van der Waals surface area contributed by atoms with Gasteiger partial charge in [-0.3, -0.25) is 15.4 Å². The van der Waals surface area contributed by atoms with E-state index in [1.807, 2.05) is 6.07 Å². The van der Waals surface area contributed by atoms with Gasteiger partial charge in [0.25, 0.3) is 5.69 Å². The Kier molecular flexibility index (Phi) is 4.60. The molecular weight excluding hydrogens is 434 g/mol. The fourth-order valence-electron chi connectivity index (χ4n) is 2.73. The number of nitrogens with two attached hydrogens (primary N) is 2. The standard InChI is InChI=1S/C15H10BrN9O3/c16-8-2-5(25(27)28)1-6(12(8)26)11-9-10(19)7(3-17)13(20)23-14(9)24-15(22-11)21-4-18/h1-2,11,26H,(H6,19,20,21,22,23,24). The Bertz CT molecular complexity index is 1130. The van der Waals surface area contributed by atoms with Crippen LogP contribution in [-0.2, 0) is 0 Å². The number of fused-ring (bicyclic) bond motifs is 1. The molecule has 3 rings (SSSR count). The zero-order valence-corrected chi connectivity index (χ0v) is 15.4. The van der Waals surface area contributed by atoms with E-state index in [0.717, 1.165) is 12.1 Å². The lowest BCUT2D eigenvalue weighted by Crippen LogP contribution is -2.32. The van der Waals surface area contributed by atoms with Crippen molar-refractivity contribution in [1.82, 2.24) is 10.3 Å². The predicted molar refractivity (Wildman–Crippen MR) is 102 cm³/mol. The summed E-state index contributed by atoms with van der Waals surface area (Å²) >= 11 is 3.07. The highest BCUT2D eigenvalue weighted by atomic mass is 79.9. The third-order valence-corrected chi connectivity index (χ3v) is 4.55. The average Bonchev–Trinajstić information content (AvgIpc) is 2.63. The van der Waals surface area contributed by atoms with Crippen molar-refractivity contribution in [3.8, 4) is 18.0 Å². The number of hydrogen-bond acceptors (Lipinski definition) is 11. The second kappa shape index (κ2) is 6.90. The number of nitrogens with one attached hydrogen (secondary N) is 2. The number of pyridine rings is 1. The van der Waals surface area contributed by atoms with Crippen molar-refractivity contribution in [3.63, 3.8) is 0 Å². The van der Waals surface area contributed by atoms with Crippen LogP contribution in [0.4, 0.5) is 23.0 Å². The Morgan fingerprint density at radius 2 is 2.11 bits per heavy atom. The Balaban J connectivity index is 2.34. The largest absolute Gasteiger partial charge is 0.506 e. The number of non-ortho nitro benzene ring substituents is 1. The number of aromatic hydroxyl groups is 1. The number of phenols is 1. The summed E-state index contributed by atoms with van der Waals surface area (Å²) in [6, 6.07) is 2.98. The normalized spacial score (nSPS) is 14.7. The van der Waals surface area contributed by atoms with Crippen molar-refractivity contribution in [2.45, 2.75) is 6.04 Å². The summed E-state index contributed by atoms with van der Waals surface area (Å²) in [6.07, 6.45) is 1.68. The highest BCUT2D eigenvalue weighted by Crippen LogP contribution is 2.45. The maximum Gasteiger partial charge on any atom is 0.271 e. The fraction of sp³-hybridized carbons (Fsp3) is 0.0667. The van der Waals surface area contributed by atoms with Crippen LogP contribution in [0, 0.1) is 32.9 Å². The highest BCUT2D eigenvalue weighted by Gasteiger charge is 2.32. The molecule has 1 aliphatic rings. The molecule has 28 heavy (non-hydrogen) atoms. The van der Waals surface area contributed by atoms with Crippen LogP contribution in [0.25, 0.3) is 0 Å². The maximum absolute atomic E-state index is 11.2. The van der Waals surface area contributed by atoms with Gasteiger partial charge in [0.05, 0.1) is 15.1 Å². The van der Waals surface area contributed by atoms with Gasteiger partial charge in [-0.15, -0.1) is 0 Å². The molecule has 0 aliphatic carbocycles. The lowest BCUT2D eigenvalue weighted by Gasteiger charge is -2.26. The number of aliphatic imine (C=N–C) groups is 1. The summed E-state index contributed by atoms with van der Waals surface area (Å²) in [4.78, 5) is 18.9. The van der Waals surface area contributed by atoms with Gasteiger partial charge >= 0.3 is 0 Å². The van der Waals surface area contributed by atoms with Crippen LogP contribution >= 0.6 is 15.9 Å². The van der Waals surface area contributed by atoms with Gasteiger partial charge in [0.15, 0.2) is 6.19 Å². The lowest BCUT2D eigenvalue weighted by molar-refractivity contribution is -0.385. The molecule has 0 radical (unpaired) electrons. The molecule has 13 heteroatoms. The first-order valence-electron chi connectivity index (χ1n) is 7.44. The van der Waals surface area contributed by atoms with Gasteiger partial charge in [-0.1, -0.05) is 0 Å². The van der Waals surface area contributed by atoms with Crippen molar-refractivity contribution in [2.75, 3.05) is 16.8 Å². The molecule has 2 aromatic rings. The van der Waals surface area contributed by atoms with Crippen LogP contribution in [-0.4, -0.2) is 21.0 Å². The average molecular weight is 444 g/mol. The Morgan fingerprint density at radius 1 is 1.39 bits per heavy atom. The minimum atomic E-state index is -1.11. The Morgan fingerprint density at radius 3 is 2.71 bits per heavy atom. The summed E-state index contributed by atoms with van der Waals surface area (Å²) in [6.45, 7) is 0. The number of phenolic OH excluding ortho intramolecular Hbond substituents is 1. The van der Waals surface area contributed by atoms with Gasteiger partial charge < -0.3 is 21.9 Å². The minimum absolute atomic E-state index is 0.0169. The van der Waals surface area contributed by atoms with Gasteiger partial charge in [-0.2, -0.15) is 10.5 Å². The van der Waals surface area contributed by atoms with E-state index in [0.29, 0.717) is 0 Å². The van der Waals surface area contributed by atoms with E-state index in [9.17, 15) is 20.5 Å². The number of rotatable bonds is 2. The molecule has 0 amide bonds. The molecule has 1 aliphatic heterocycles. The number of aromatic nitrogens is 1. The molecule has 2 heterocycles.